The third kappa shape index (κ3) is 3.71. The van der Waals surface area contributed by atoms with E-state index in [4.69, 9.17) is 9.47 Å². The molecule has 4 rings (SSSR count). The first-order valence-electron chi connectivity index (χ1n) is 9.97. The number of aromatic hydroxyl groups is 2. The maximum Gasteiger partial charge on any atom is 0.300 e. The van der Waals surface area contributed by atoms with Gasteiger partial charge in [-0.1, -0.05) is 24.3 Å². The van der Waals surface area contributed by atoms with Crippen molar-refractivity contribution in [2.45, 2.75) is 6.04 Å². The minimum absolute atomic E-state index is 0.00455. The zero-order valence-electron chi connectivity index (χ0n) is 17.9. The van der Waals surface area contributed by atoms with Crippen molar-refractivity contribution in [2.24, 2.45) is 0 Å². The van der Waals surface area contributed by atoms with E-state index < -0.39 is 23.5 Å². The summed E-state index contributed by atoms with van der Waals surface area (Å²) in [5.74, 6) is -1.77. The highest BCUT2D eigenvalue weighted by Crippen LogP contribution is 2.45. The zero-order chi connectivity index (χ0) is 23.7. The summed E-state index contributed by atoms with van der Waals surface area (Å²) < 4.78 is 10.5. The zero-order valence-corrected chi connectivity index (χ0v) is 17.9. The number of para-hydroxylation sites is 2. The Hall–Kier alpha value is -4.46. The minimum atomic E-state index is -1.06. The molecule has 1 saturated heterocycles. The Balaban J connectivity index is 1.98. The van der Waals surface area contributed by atoms with Crippen molar-refractivity contribution in [2.75, 3.05) is 19.1 Å². The number of aliphatic hydroxyl groups is 1. The summed E-state index contributed by atoms with van der Waals surface area (Å²) in [5.41, 5.74) is 0.567. The number of hydrogen-bond donors (Lipinski definition) is 3. The molecule has 0 aliphatic carbocycles. The Kier molecular flexibility index (Phi) is 5.66. The normalized spacial score (nSPS) is 17.3. The molecule has 1 heterocycles. The van der Waals surface area contributed by atoms with Gasteiger partial charge in [0.1, 0.15) is 28.8 Å². The molecule has 3 aromatic carbocycles. The lowest BCUT2D eigenvalue weighted by Gasteiger charge is -2.26. The number of carbonyl (C=O) groups is 2. The number of ether oxygens (including phenoxy) is 2. The molecule has 1 atom stereocenters. The van der Waals surface area contributed by atoms with Gasteiger partial charge >= 0.3 is 0 Å². The largest absolute Gasteiger partial charge is 0.508 e. The van der Waals surface area contributed by atoms with Crippen molar-refractivity contribution in [3.8, 4) is 23.0 Å². The van der Waals surface area contributed by atoms with Gasteiger partial charge < -0.3 is 24.8 Å². The van der Waals surface area contributed by atoms with E-state index in [0.717, 1.165) is 4.90 Å². The predicted octanol–water partition coefficient (Wildman–Crippen LogP) is 3.74. The van der Waals surface area contributed by atoms with E-state index in [9.17, 15) is 24.9 Å². The Morgan fingerprint density at radius 2 is 1.61 bits per heavy atom. The van der Waals surface area contributed by atoms with Crippen LogP contribution in [0.25, 0.3) is 5.76 Å². The van der Waals surface area contributed by atoms with Crippen LogP contribution in [0.1, 0.15) is 17.2 Å². The first-order valence-corrected chi connectivity index (χ1v) is 9.97. The lowest BCUT2D eigenvalue weighted by Crippen LogP contribution is -2.29. The highest BCUT2D eigenvalue weighted by Gasteiger charge is 2.47. The van der Waals surface area contributed by atoms with Crippen LogP contribution in [0.5, 0.6) is 23.0 Å². The van der Waals surface area contributed by atoms with E-state index in [1.54, 1.807) is 24.3 Å². The number of benzene rings is 3. The van der Waals surface area contributed by atoms with Gasteiger partial charge in [-0.05, 0) is 42.0 Å². The van der Waals surface area contributed by atoms with Crippen molar-refractivity contribution in [1.82, 2.24) is 0 Å². The fourth-order valence-electron chi connectivity index (χ4n) is 3.86. The maximum absolute atomic E-state index is 13.2. The molecule has 8 nitrogen and oxygen atoms in total. The van der Waals surface area contributed by atoms with Crippen molar-refractivity contribution in [3.05, 3.63) is 83.4 Å². The van der Waals surface area contributed by atoms with Crippen LogP contribution in [0.4, 0.5) is 5.69 Å². The number of ketones is 1. The number of carbonyl (C=O) groups excluding carboxylic acids is 2. The lowest BCUT2D eigenvalue weighted by molar-refractivity contribution is -0.132. The van der Waals surface area contributed by atoms with Gasteiger partial charge in [0.2, 0.25) is 0 Å². The van der Waals surface area contributed by atoms with Gasteiger partial charge in [0, 0.05) is 6.07 Å². The van der Waals surface area contributed by atoms with Crippen LogP contribution >= 0.6 is 0 Å². The molecule has 3 N–H and O–H groups in total. The number of hydrogen-bond acceptors (Lipinski definition) is 7. The lowest BCUT2D eigenvalue weighted by atomic mass is 9.94. The molecule has 0 bridgehead atoms. The van der Waals surface area contributed by atoms with Gasteiger partial charge in [-0.2, -0.15) is 0 Å². The number of rotatable bonds is 5. The van der Waals surface area contributed by atoms with E-state index >= 15 is 0 Å². The predicted molar refractivity (Wildman–Crippen MR) is 121 cm³/mol. The molecule has 0 spiro atoms. The van der Waals surface area contributed by atoms with E-state index in [-0.39, 0.29) is 34.1 Å². The summed E-state index contributed by atoms with van der Waals surface area (Å²) in [5, 5.41) is 31.4. The molecule has 8 heteroatoms. The van der Waals surface area contributed by atoms with Gasteiger partial charge in [0.25, 0.3) is 11.7 Å². The van der Waals surface area contributed by atoms with Crippen molar-refractivity contribution in [3.63, 3.8) is 0 Å². The highest BCUT2D eigenvalue weighted by molar-refractivity contribution is 6.52. The van der Waals surface area contributed by atoms with Gasteiger partial charge in [-0.15, -0.1) is 0 Å². The summed E-state index contributed by atoms with van der Waals surface area (Å²) in [6.07, 6.45) is 0. The van der Waals surface area contributed by atoms with Crippen LogP contribution in [0.3, 0.4) is 0 Å². The van der Waals surface area contributed by atoms with Gasteiger partial charge in [-0.3, -0.25) is 14.5 Å². The molecule has 3 aromatic rings. The Morgan fingerprint density at radius 1 is 0.909 bits per heavy atom. The molecular weight excluding hydrogens is 426 g/mol. The van der Waals surface area contributed by atoms with E-state index in [1.807, 2.05) is 0 Å². The number of methoxy groups -OCH3 is 2. The average Bonchev–Trinajstić information content (AvgIpc) is 3.09. The molecule has 0 saturated carbocycles. The van der Waals surface area contributed by atoms with Crippen molar-refractivity contribution in [1.29, 1.82) is 0 Å². The molecule has 1 aliphatic rings. The third-order valence-electron chi connectivity index (χ3n) is 5.46. The minimum Gasteiger partial charge on any atom is -0.508 e. The first kappa shape index (κ1) is 21.8. The summed E-state index contributed by atoms with van der Waals surface area (Å²) >= 11 is 0. The second-order valence-corrected chi connectivity index (χ2v) is 7.32. The van der Waals surface area contributed by atoms with Crippen molar-refractivity contribution >= 4 is 23.1 Å². The SMILES string of the molecule is COc1ccc(/C(O)=C2/C(=O)C(=O)N(c3ccccc3O)C2c2ccc(O)cc2)c(OC)c1. The number of phenolic OH excluding ortho intramolecular Hbond substituents is 2. The number of nitrogens with zero attached hydrogens (tertiary/aromatic N) is 1. The Morgan fingerprint density at radius 3 is 2.24 bits per heavy atom. The molecule has 1 fully saturated rings. The van der Waals surface area contributed by atoms with Crippen molar-refractivity contribution < 1.29 is 34.4 Å². The first-order chi connectivity index (χ1) is 15.9. The maximum atomic E-state index is 13.2. The van der Waals surface area contributed by atoms with Crippen LogP contribution in [0.15, 0.2) is 72.3 Å². The number of phenols is 2. The van der Waals surface area contributed by atoms with Crippen LogP contribution in [0, 0.1) is 0 Å². The van der Waals surface area contributed by atoms with Crippen LogP contribution in [-0.4, -0.2) is 41.2 Å². The standard InChI is InChI=1S/C25H21NO7/c1-32-16-11-12-17(20(13-16)33-2)23(29)21-22(14-7-9-15(27)10-8-14)26(25(31)24(21)30)18-5-3-4-6-19(18)28/h3-13,22,27-29H,1-2H3/b23-21-. The third-order valence-corrected chi connectivity index (χ3v) is 5.46. The fraction of sp³-hybridized carbons (Fsp3) is 0.120. The van der Waals surface area contributed by atoms with Crippen LogP contribution in [0.2, 0.25) is 0 Å². The molecule has 1 aliphatic heterocycles. The topological polar surface area (TPSA) is 117 Å². The number of Topliss-reactive ketones (excluding diaryl/α,β-unsaturated/α-hetero) is 1. The summed E-state index contributed by atoms with van der Waals surface area (Å²) in [7, 11) is 2.89. The summed E-state index contributed by atoms with van der Waals surface area (Å²) in [6, 6.07) is 15.6. The van der Waals surface area contributed by atoms with Gasteiger partial charge in [0.05, 0.1) is 37.1 Å². The average molecular weight is 447 g/mol. The monoisotopic (exact) mass is 447 g/mol. The second kappa shape index (κ2) is 8.58. The summed E-state index contributed by atoms with van der Waals surface area (Å²) in [4.78, 5) is 27.4. The quantitative estimate of drug-likeness (QED) is 0.310. The highest BCUT2D eigenvalue weighted by atomic mass is 16.5. The molecule has 0 aromatic heterocycles. The molecule has 33 heavy (non-hydrogen) atoms. The van der Waals surface area contributed by atoms with Gasteiger partial charge in [0.15, 0.2) is 0 Å². The smallest absolute Gasteiger partial charge is 0.300 e. The van der Waals surface area contributed by atoms with Crippen LogP contribution < -0.4 is 14.4 Å². The number of anilines is 1. The Bertz CT molecular complexity index is 1260. The molecule has 168 valence electrons. The Labute approximate surface area is 189 Å². The van der Waals surface area contributed by atoms with E-state index in [0.29, 0.717) is 11.3 Å². The fourth-order valence-corrected chi connectivity index (χ4v) is 3.86. The molecule has 1 unspecified atom stereocenters. The molecular formula is C25H21NO7. The van der Waals surface area contributed by atoms with Gasteiger partial charge in [-0.25, -0.2) is 0 Å². The number of aliphatic hydroxyl groups excluding tert-OH is 1. The second-order valence-electron chi connectivity index (χ2n) is 7.32. The van der Waals surface area contributed by atoms with E-state index in [1.165, 1.54) is 56.7 Å². The van der Waals surface area contributed by atoms with E-state index in [2.05, 4.69) is 0 Å². The molecule has 0 radical (unpaired) electrons. The number of amides is 1. The van der Waals surface area contributed by atoms with Crippen LogP contribution in [-0.2, 0) is 9.59 Å². The molecule has 1 amide bonds. The summed E-state index contributed by atoms with van der Waals surface area (Å²) in [6.45, 7) is 0.